The van der Waals surface area contributed by atoms with Crippen LogP contribution in [-0.2, 0) is 4.79 Å². The molecule has 1 atom stereocenters. The predicted molar refractivity (Wildman–Crippen MR) is 88.0 cm³/mol. The maximum Gasteiger partial charge on any atom is 0.269 e. The second kappa shape index (κ2) is 8.17. The van der Waals surface area contributed by atoms with Crippen molar-refractivity contribution in [2.24, 2.45) is 5.92 Å². The van der Waals surface area contributed by atoms with Crippen molar-refractivity contribution in [2.45, 2.75) is 49.2 Å². The van der Waals surface area contributed by atoms with Crippen LogP contribution >= 0.6 is 11.8 Å². The minimum Gasteiger partial charge on any atom is -0.355 e. The first kappa shape index (κ1) is 16.8. The molecule has 0 radical (unpaired) electrons. The molecule has 5 nitrogen and oxygen atoms in total. The van der Waals surface area contributed by atoms with E-state index in [-0.39, 0.29) is 16.8 Å². The molecular weight excluding hydrogens is 300 g/mol. The third-order valence-electron chi connectivity index (χ3n) is 4.02. The topological polar surface area (TPSA) is 72.2 Å². The fourth-order valence-corrected chi connectivity index (χ4v) is 3.58. The molecule has 1 aromatic carbocycles. The number of amides is 1. The third kappa shape index (κ3) is 5.02. The lowest BCUT2D eigenvalue weighted by molar-refractivity contribution is -0.384. The number of thioether (sulfide) groups is 1. The number of nitro benzene ring substituents is 1. The van der Waals surface area contributed by atoms with Crippen LogP contribution in [0.2, 0.25) is 0 Å². The summed E-state index contributed by atoms with van der Waals surface area (Å²) in [7, 11) is 0. The molecule has 6 heteroatoms. The summed E-state index contributed by atoms with van der Waals surface area (Å²) >= 11 is 1.42. The Morgan fingerprint density at radius 1 is 1.32 bits per heavy atom. The van der Waals surface area contributed by atoms with E-state index in [1.807, 2.05) is 6.92 Å². The van der Waals surface area contributed by atoms with E-state index in [2.05, 4.69) is 5.32 Å². The van der Waals surface area contributed by atoms with Crippen molar-refractivity contribution in [2.75, 3.05) is 6.54 Å². The van der Waals surface area contributed by atoms with Gasteiger partial charge in [-0.05, 0) is 37.8 Å². The van der Waals surface area contributed by atoms with Gasteiger partial charge in [-0.3, -0.25) is 14.9 Å². The van der Waals surface area contributed by atoms with Gasteiger partial charge in [0.1, 0.15) is 0 Å². The van der Waals surface area contributed by atoms with E-state index in [4.69, 9.17) is 0 Å². The summed E-state index contributed by atoms with van der Waals surface area (Å²) in [4.78, 5) is 23.2. The molecule has 0 spiro atoms. The molecule has 1 saturated carbocycles. The number of benzene rings is 1. The van der Waals surface area contributed by atoms with Crippen LogP contribution in [0.1, 0.15) is 39.0 Å². The smallest absolute Gasteiger partial charge is 0.269 e. The summed E-state index contributed by atoms with van der Waals surface area (Å²) in [5.74, 6) is 0.656. The maximum absolute atomic E-state index is 12.1. The molecule has 1 aromatic rings. The Bertz CT molecular complexity index is 513. The Hall–Kier alpha value is -1.56. The molecule has 0 saturated heterocycles. The molecule has 1 aliphatic rings. The van der Waals surface area contributed by atoms with E-state index in [9.17, 15) is 14.9 Å². The highest BCUT2D eigenvalue weighted by Gasteiger charge is 2.18. The minimum absolute atomic E-state index is 0.0360. The standard InChI is InChI=1S/C16H22N2O3S/c1-12(16(19)17-11-13-5-3-2-4-6-13)22-15-9-7-14(8-10-15)18(20)21/h7-10,12-13H,2-6,11H2,1H3,(H,17,19). The number of hydrogen-bond donors (Lipinski definition) is 1. The molecule has 0 heterocycles. The van der Waals surface area contributed by atoms with Gasteiger partial charge >= 0.3 is 0 Å². The van der Waals surface area contributed by atoms with Crippen molar-refractivity contribution < 1.29 is 9.72 Å². The highest BCUT2D eigenvalue weighted by molar-refractivity contribution is 8.00. The molecule has 22 heavy (non-hydrogen) atoms. The first-order valence-electron chi connectivity index (χ1n) is 7.75. The van der Waals surface area contributed by atoms with Gasteiger partial charge in [-0.25, -0.2) is 0 Å². The quantitative estimate of drug-likeness (QED) is 0.491. The normalized spacial score (nSPS) is 17.0. The first-order valence-corrected chi connectivity index (χ1v) is 8.63. The van der Waals surface area contributed by atoms with Gasteiger partial charge in [0.25, 0.3) is 5.69 Å². The third-order valence-corrected chi connectivity index (χ3v) is 5.13. The van der Waals surface area contributed by atoms with E-state index in [1.165, 1.54) is 56.0 Å². The zero-order valence-corrected chi connectivity index (χ0v) is 13.6. The van der Waals surface area contributed by atoms with Gasteiger partial charge < -0.3 is 5.32 Å². The van der Waals surface area contributed by atoms with Crippen LogP contribution in [0, 0.1) is 16.0 Å². The van der Waals surface area contributed by atoms with Gasteiger partial charge in [-0.1, -0.05) is 19.3 Å². The summed E-state index contributed by atoms with van der Waals surface area (Å²) < 4.78 is 0. The van der Waals surface area contributed by atoms with Crippen LogP contribution in [0.15, 0.2) is 29.2 Å². The number of nitrogens with zero attached hydrogens (tertiary/aromatic N) is 1. The lowest BCUT2D eigenvalue weighted by Gasteiger charge is -2.22. The fraction of sp³-hybridized carbons (Fsp3) is 0.562. The molecular formula is C16H22N2O3S. The van der Waals surface area contributed by atoms with Crippen molar-refractivity contribution >= 4 is 23.4 Å². The molecule has 0 bridgehead atoms. The van der Waals surface area contributed by atoms with Gasteiger partial charge in [0.2, 0.25) is 5.91 Å². The van der Waals surface area contributed by atoms with Gasteiger partial charge in [0.05, 0.1) is 10.2 Å². The number of rotatable bonds is 6. The molecule has 0 aromatic heterocycles. The zero-order chi connectivity index (χ0) is 15.9. The maximum atomic E-state index is 12.1. The van der Waals surface area contributed by atoms with Crippen LogP contribution in [-0.4, -0.2) is 22.6 Å². The fourth-order valence-electron chi connectivity index (χ4n) is 2.68. The van der Waals surface area contributed by atoms with Crippen LogP contribution in [0.25, 0.3) is 0 Å². The predicted octanol–water partition coefficient (Wildman–Crippen LogP) is 3.77. The monoisotopic (exact) mass is 322 g/mol. The number of nitrogens with one attached hydrogen (secondary N) is 1. The second-order valence-corrected chi connectivity index (χ2v) is 7.17. The van der Waals surface area contributed by atoms with Crippen molar-refractivity contribution in [3.8, 4) is 0 Å². The Balaban J connectivity index is 1.78. The number of hydrogen-bond acceptors (Lipinski definition) is 4. The van der Waals surface area contributed by atoms with E-state index < -0.39 is 4.92 Å². The Morgan fingerprint density at radius 2 is 1.95 bits per heavy atom. The van der Waals surface area contributed by atoms with E-state index in [1.54, 1.807) is 12.1 Å². The average Bonchev–Trinajstić information content (AvgIpc) is 2.54. The molecule has 1 amide bonds. The summed E-state index contributed by atoms with van der Waals surface area (Å²) in [6.07, 6.45) is 6.28. The highest BCUT2D eigenvalue weighted by Crippen LogP contribution is 2.26. The van der Waals surface area contributed by atoms with Crippen molar-refractivity contribution in [1.82, 2.24) is 5.32 Å². The molecule has 0 aliphatic heterocycles. The number of carbonyl (C=O) groups excluding carboxylic acids is 1. The zero-order valence-electron chi connectivity index (χ0n) is 12.8. The molecule has 1 N–H and O–H groups in total. The molecule has 1 fully saturated rings. The summed E-state index contributed by atoms with van der Waals surface area (Å²) in [6, 6.07) is 6.31. The van der Waals surface area contributed by atoms with Crippen molar-refractivity contribution in [1.29, 1.82) is 0 Å². The largest absolute Gasteiger partial charge is 0.355 e. The second-order valence-electron chi connectivity index (χ2n) is 5.76. The lowest BCUT2D eigenvalue weighted by Crippen LogP contribution is -2.35. The number of carbonyl (C=O) groups is 1. The Morgan fingerprint density at radius 3 is 2.55 bits per heavy atom. The lowest BCUT2D eigenvalue weighted by atomic mass is 9.89. The van der Waals surface area contributed by atoms with Crippen LogP contribution in [0.5, 0.6) is 0 Å². The number of nitro groups is 1. The van der Waals surface area contributed by atoms with E-state index in [0.717, 1.165) is 11.4 Å². The minimum atomic E-state index is -0.422. The van der Waals surface area contributed by atoms with E-state index in [0.29, 0.717) is 5.92 Å². The first-order chi connectivity index (χ1) is 10.6. The summed E-state index contributed by atoms with van der Waals surface area (Å²) in [5, 5.41) is 13.4. The summed E-state index contributed by atoms with van der Waals surface area (Å²) in [6.45, 7) is 2.63. The van der Waals surface area contributed by atoms with Gasteiger partial charge in [-0.2, -0.15) is 0 Å². The number of non-ortho nitro benzene ring substituents is 1. The molecule has 2 rings (SSSR count). The summed E-state index contributed by atoms with van der Waals surface area (Å²) in [5.41, 5.74) is 0.0683. The van der Waals surface area contributed by atoms with Gasteiger partial charge in [0.15, 0.2) is 0 Å². The average molecular weight is 322 g/mol. The van der Waals surface area contributed by atoms with Gasteiger partial charge in [-0.15, -0.1) is 11.8 Å². The van der Waals surface area contributed by atoms with Crippen LogP contribution in [0.3, 0.4) is 0 Å². The Labute approximate surface area is 135 Å². The van der Waals surface area contributed by atoms with Crippen molar-refractivity contribution in [3.05, 3.63) is 34.4 Å². The molecule has 120 valence electrons. The highest BCUT2D eigenvalue weighted by atomic mass is 32.2. The van der Waals surface area contributed by atoms with Crippen molar-refractivity contribution in [3.63, 3.8) is 0 Å². The van der Waals surface area contributed by atoms with Gasteiger partial charge in [0, 0.05) is 23.6 Å². The van der Waals surface area contributed by atoms with Crippen LogP contribution < -0.4 is 5.32 Å². The molecule has 1 unspecified atom stereocenters. The van der Waals surface area contributed by atoms with E-state index >= 15 is 0 Å². The SMILES string of the molecule is CC(Sc1ccc([N+](=O)[O-])cc1)C(=O)NCC1CCCCC1. The van der Waals surface area contributed by atoms with Crippen LogP contribution in [0.4, 0.5) is 5.69 Å². The Kier molecular flexibility index (Phi) is 6.24. The molecule has 1 aliphatic carbocycles.